The van der Waals surface area contributed by atoms with E-state index in [0.29, 0.717) is 5.84 Å². The van der Waals surface area contributed by atoms with E-state index in [-0.39, 0.29) is 10.5 Å². The molecule has 0 unspecified atom stereocenters. The fourth-order valence-corrected chi connectivity index (χ4v) is 0.385. The second-order valence-corrected chi connectivity index (χ2v) is 3.50. The van der Waals surface area contributed by atoms with Crippen LogP contribution in [0, 0.1) is 5.41 Å². The fourth-order valence-electron chi connectivity index (χ4n) is 0.286. The summed E-state index contributed by atoms with van der Waals surface area (Å²) < 4.78 is 0. The van der Waals surface area contributed by atoms with Gasteiger partial charge in [0.2, 0.25) is 0 Å². The van der Waals surface area contributed by atoms with E-state index in [1.807, 2.05) is 20.8 Å². The second-order valence-electron chi connectivity index (χ2n) is 3.09. The topological polar surface area (TPSA) is 64.4 Å². The lowest BCUT2D eigenvalue weighted by atomic mass is 9.95. The maximum atomic E-state index is 5.53. The quantitative estimate of drug-likeness (QED) is 0.309. The molecule has 0 aliphatic heterocycles. The van der Waals surface area contributed by atoms with Gasteiger partial charge in [0, 0.05) is 5.41 Å². The molecule has 0 aromatic rings. The van der Waals surface area contributed by atoms with Gasteiger partial charge in [-0.2, -0.15) is 0 Å². The molecule has 4 N–H and O–H groups in total. The Morgan fingerprint density at radius 3 is 1.80 bits per heavy atom. The van der Waals surface area contributed by atoms with E-state index in [9.17, 15) is 0 Å². The third-order valence-electron chi connectivity index (χ3n) is 0.999. The summed E-state index contributed by atoms with van der Waals surface area (Å²) in [5, 5.41) is 0.0902. The average Bonchev–Trinajstić information content (AvgIpc) is 1.60. The van der Waals surface area contributed by atoms with Crippen LogP contribution < -0.4 is 11.5 Å². The smallest absolute Gasteiger partial charge is 0.191 e. The van der Waals surface area contributed by atoms with Gasteiger partial charge in [0.25, 0.3) is 0 Å². The van der Waals surface area contributed by atoms with Crippen LogP contribution in [0.3, 0.4) is 0 Å². The van der Waals surface area contributed by atoms with Crippen molar-refractivity contribution in [3.05, 3.63) is 0 Å². The van der Waals surface area contributed by atoms with Gasteiger partial charge in [0.15, 0.2) is 5.11 Å². The van der Waals surface area contributed by atoms with Crippen LogP contribution in [0.1, 0.15) is 20.8 Å². The van der Waals surface area contributed by atoms with Crippen LogP contribution in [0.4, 0.5) is 0 Å². The number of aliphatic imine (C=N–C) groups is 1. The van der Waals surface area contributed by atoms with E-state index in [2.05, 4.69) is 17.2 Å². The molecule has 0 aliphatic rings. The van der Waals surface area contributed by atoms with E-state index in [4.69, 9.17) is 11.5 Å². The number of hydrogen-bond acceptors (Lipinski definition) is 1. The fraction of sp³-hybridized carbons (Fsp3) is 0.667. The van der Waals surface area contributed by atoms with Crippen molar-refractivity contribution in [3.63, 3.8) is 0 Å². The molecule has 0 atom stereocenters. The minimum absolute atomic E-state index is 0.0902. The van der Waals surface area contributed by atoms with E-state index in [0.717, 1.165) is 0 Å². The van der Waals surface area contributed by atoms with Crippen LogP contribution in [-0.2, 0) is 0 Å². The maximum absolute atomic E-state index is 5.53. The number of rotatable bonds is 0. The standard InChI is InChI=1S/C6H13N3S/c1-6(2,3)4(7)9-5(8)10/h1-3H3,(H4,7,8,9,10). The maximum Gasteiger partial charge on any atom is 0.191 e. The van der Waals surface area contributed by atoms with E-state index < -0.39 is 0 Å². The molecule has 0 rings (SSSR count). The molecular formula is C6H13N3S. The Kier molecular flexibility index (Phi) is 2.77. The monoisotopic (exact) mass is 159 g/mol. The third kappa shape index (κ3) is 3.40. The normalized spacial score (nSPS) is 13.3. The van der Waals surface area contributed by atoms with Crippen LogP contribution in [0.5, 0.6) is 0 Å². The summed E-state index contributed by atoms with van der Waals surface area (Å²) in [5.41, 5.74) is 10.5. The molecule has 0 bridgehead atoms. The first-order valence-electron chi connectivity index (χ1n) is 2.98. The lowest BCUT2D eigenvalue weighted by molar-refractivity contribution is 0.586. The minimum atomic E-state index is -0.149. The number of thiocarbonyl (C=S) groups is 1. The predicted molar refractivity (Wildman–Crippen MR) is 47.9 cm³/mol. The van der Waals surface area contributed by atoms with Crippen molar-refractivity contribution in [1.82, 2.24) is 0 Å². The van der Waals surface area contributed by atoms with Gasteiger partial charge in [-0.15, -0.1) is 0 Å². The number of hydrogen-bond donors (Lipinski definition) is 2. The molecule has 58 valence electrons. The molecule has 0 heterocycles. The lowest BCUT2D eigenvalue weighted by Crippen LogP contribution is -2.30. The van der Waals surface area contributed by atoms with Crippen molar-refractivity contribution in [3.8, 4) is 0 Å². The Hall–Kier alpha value is -0.640. The molecule has 4 heteroatoms. The summed E-state index contributed by atoms with van der Waals surface area (Å²) in [6.45, 7) is 5.85. The van der Waals surface area contributed by atoms with Crippen LogP contribution in [-0.4, -0.2) is 10.9 Å². The Labute approximate surface area is 66.5 Å². The van der Waals surface area contributed by atoms with Gasteiger partial charge in [-0.3, -0.25) is 0 Å². The van der Waals surface area contributed by atoms with Crippen molar-refractivity contribution < 1.29 is 0 Å². The number of amidine groups is 1. The molecular weight excluding hydrogens is 146 g/mol. The van der Waals surface area contributed by atoms with Crippen LogP contribution >= 0.6 is 12.2 Å². The summed E-state index contributed by atoms with van der Waals surface area (Å²) in [6, 6.07) is 0. The summed E-state index contributed by atoms with van der Waals surface area (Å²) >= 11 is 4.55. The largest absolute Gasteiger partial charge is 0.387 e. The highest BCUT2D eigenvalue weighted by Gasteiger charge is 2.15. The van der Waals surface area contributed by atoms with Crippen molar-refractivity contribution >= 4 is 23.2 Å². The van der Waals surface area contributed by atoms with Crippen molar-refractivity contribution in [2.24, 2.45) is 21.9 Å². The van der Waals surface area contributed by atoms with Crippen molar-refractivity contribution in [2.45, 2.75) is 20.8 Å². The van der Waals surface area contributed by atoms with Gasteiger partial charge in [0.05, 0.1) is 0 Å². The number of nitrogens with zero attached hydrogens (tertiary/aromatic N) is 1. The summed E-state index contributed by atoms with van der Waals surface area (Å²) in [6.07, 6.45) is 0. The van der Waals surface area contributed by atoms with E-state index >= 15 is 0 Å². The van der Waals surface area contributed by atoms with Gasteiger partial charge in [-0.25, -0.2) is 4.99 Å². The molecule has 0 saturated carbocycles. The third-order valence-corrected chi connectivity index (χ3v) is 1.09. The van der Waals surface area contributed by atoms with Gasteiger partial charge >= 0.3 is 0 Å². The molecule has 0 radical (unpaired) electrons. The molecule has 0 aromatic heterocycles. The highest BCUT2D eigenvalue weighted by atomic mass is 32.1. The SMILES string of the molecule is CC(C)(C)/C(N)=N/C(N)=S. The molecule has 0 fully saturated rings. The lowest BCUT2D eigenvalue weighted by Gasteiger charge is -2.16. The van der Waals surface area contributed by atoms with Gasteiger partial charge < -0.3 is 11.5 Å². The zero-order chi connectivity index (χ0) is 8.36. The first-order valence-corrected chi connectivity index (χ1v) is 3.39. The molecule has 0 saturated heterocycles. The van der Waals surface area contributed by atoms with Crippen LogP contribution in [0.25, 0.3) is 0 Å². The Balaban J connectivity index is 4.35. The minimum Gasteiger partial charge on any atom is -0.387 e. The molecule has 3 nitrogen and oxygen atoms in total. The highest BCUT2D eigenvalue weighted by Crippen LogP contribution is 2.12. The van der Waals surface area contributed by atoms with Crippen LogP contribution in [0.2, 0.25) is 0 Å². The first-order chi connectivity index (χ1) is 4.34. The van der Waals surface area contributed by atoms with Gasteiger partial charge in [0.1, 0.15) is 5.84 Å². The molecule has 0 aromatic carbocycles. The van der Waals surface area contributed by atoms with Gasteiger partial charge in [-0.05, 0) is 12.2 Å². The highest BCUT2D eigenvalue weighted by molar-refractivity contribution is 7.80. The zero-order valence-corrected chi connectivity index (χ0v) is 7.33. The average molecular weight is 159 g/mol. The van der Waals surface area contributed by atoms with Gasteiger partial charge in [-0.1, -0.05) is 20.8 Å². The molecule has 0 amide bonds. The summed E-state index contributed by atoms with van der Waals surface area (Å²) in [4.78, 5) is 3.75. The Morgan fingerprint density at radius 2 is 1.70 bits per heavy atom. The molecule has 0 aliphatic carbocycles. The predicted octanol–water partition coefficient (Wildman–Crippen LogP) is 0.633. The zero-order valence-electron chi connectivity index (χ0n) is 6.51. The van der Waals surface area contributed by atoms with E-state index in [1.54, 1.807) is 0 Å². The Morgan fingerprint density at radius 1 is 1.30 bits per heavy atom. The summed E-state index contributed by atoms with van der Waals surface area (Å²) in [5.74, 6) is 0.472. The van der Waals surface area contributed by atoms with Crippen LogP contribution in [0.15, 0.2) is 4.99 Å². The van der Waals surface area contributed by atoms with E-state index in [1.165, 1.54) is 0 Å². The molecule has 10 heavy (non-hydrogen) atoms. The second kappa shape index (κ2) is 2.96. The van der Waals surface area contributed by atoms with Crippen molar-refractivity contribution in [1.29, 1.82) is 0 Å². The number of nitrogens with two attached hydrogens (primary N) is 2. The summed E-state index contributed by atoms with van der Waals surface area (Å²) in [7, 11) is 0. The van der Waals surface area contributed by atoms with Crippen molar-refractivity contribution in [2.75, 3.05) is 0 Å². The first kappa shape index (κ1) is 9.36. The molecule has 0 spiro atoms. The Bertz CT molecular complexity index is 166.